The van der Waals surface area contributed by atoms with Gasteiger partial charge in [0.1, 0.15) is 5.82 Å². The van der Waals surface area contributed by atoms with Gasteiger partial charge < -0.3 is 5.32 Å². The number of hydrogen-bond donors (Lipinski definition) is 1. The molecule has 1 N–H and O–H groups in total. The van der Waals surface area contributed by atoms with E-state index in [4.69, 9.17) is 0 Å². The van der Waals surface area contributed by atoms with Crippen molar-refractivity contribution in [3.8, 4) is 0 Å². The SMILES string of the molecule is c1ccc(Nc2cc3ccccc3c3cccnc23)nc1. The third-order valence-corrected chi connectivity index (χ3v) is 3.54. The normalized spacial score (nSPS) is 10.9. The van der Waals surface area contributed by atoms with E-state index in [1.165, 1.54) is 10.8 Å². The van der Waals surface area contributed by atoms with Crippen molar-refractivity contribution in [3.05, 3.63) is 73.1 Å². The summed E-state index contributed by atoms with van der Waals surface area (Å²) in [7, 11) is 0. The van der Waals surface area contributed by atoms with Gasteiger partial charge in [-0.3, -0.25) is 4.98 Å². The second kappa shape index (κ2) is 4.87. The van der Waals surface area contributed by atoms with E-state index < -0.39 is 0 Å². The van der Waals surface area contributed by atoms with Crippen molar-refractivity contribution in [2.24, 2.45) is 0 Å². The highest BCUT2D eigenvalue weighted by atomic mass is 15.0. The van der Waals surface area contributed by atoms with Crippen LogP contribution in [0.25, 0.3) is 21.7 Å². The largest absolute Gasteiger partial charge is 0.338 e. The molecule has 2 aromatic carbocycles. The molecule has 3 nitrogen and oxygen atoms in total. The van der Waals surface area contributed by atoms with Crippen LogP contribution >= 0.6 is 0 Å². The summed E-state index contributed by atoms with van der Waals surface area (Å²) in [6.07, 6.45) is 3.60. The number of benzene rings is 2. The molecule has 0 radical (unpaired) electrons. The van der Waals surface area contributed by atoms with Crippen LogP contribution < -0.4 is 5.32 Å². The van der Waals surface area contributed by atoms with E-state index in [9.17, 15) is 0 Å². The Morgan fingerprint density at radius 2 is 1.52 bits per heavy atom. The van der Waals surface area contributed by atoms with Crippen molar-refractivity contribution >= 4 is 33.2 Å². The minimum Gasteiger partial charge on any atom is -0.338 e. The summed E-state index contributed by atoms with van der Waals surface area (Å²) in [4.78, 5) is 8.86. The molecule has 0 aliphatic rings. The molecule has 4 aromatic rings. The Morgan fingerprint density at radius 3 is 2.43 bits per heavy atom. The Morgan fingerprint density at radius 1 is 0.714 bits per heavy atom. The minimum absolute atomic E-state index is 0.819. The maximum atomic E-state index is 4.54. The summed E-state index contributed by atoms with van der Waals surface area (Å²) in [5.74, 6) is 0.819. The summed E-state index contributed by atoms with van der Waals surface area (Å²) in [6.45, 7) is 0. The fourth-order valence-electron chi connectivity index (χ4n) is 2.60. The second-order valence-electron chi connectivity index (χ2n) is 4.88. The molecule has 0 amide bonds. The molecule has 0 fully saturated rings. The highest BCUT2D eigenvalue weighted by molar-refractivity contribution is 6.11. The van der Waals surface area contributed by atoms with Gasteiger partial charge in [0.2, 0.25) is 0 Å². The zero-order valence-corrected chi connectivity index (χ0v) is 11.3. The lowest BCUT2D eigenvalue weighted by atomic mass is 10.0. The van der Waals surface area contributed by atoms with Crippen LogP contribution in [-0.2, 0) is 0 Å². The summed E-state index contributed by atoms with van der Waals surface area (Å²) >= 11 is 0. The summed E-state index contributed by atoms with van der Waals surface area (Å²) in [5, 5.41) is 6.92. The predicted molar refractivity (Wildman–Crippen MR) is 86.8 cm³/mol. The number of hydrogen-bond acceptors (Lipinski definition) is 3. The maximum Gasteiger partial charge on any atom is 0.130 e. The number of aromatic nitrogens is 2. The average Bonchev–Trinajstić information content (AvgIpc) is 2.56. The third-order valence-electron chi connectivity index (χ3n) is 3.54. The number of fused-ring (bicyclic) bond motifs is 3. The summed E-state index contributed by atoms with van der Waals surface area (Å²) in [6, 6.07) is 20.4. The number of pyridine rings is 2. The summed E-state index contributed by atoms with van der Waals surface area (Å²) < 4.78 is 0. The van der Waals surface area contributed by atoms with Gasteiger partial charge in [-0.05, 0) is 35.0 Å². The van der Waals surface area contributed by atoms with Crippen LogP contribution in [0.2, 0.25) is 0 Å². The van der Waals surface area contributed by atoms with Crippen molar-refractivity contribution in [2.45, 2.75) is 0 Å². The highest BCUT2D eigenvalue weighted by Gasteiger charge is 2.07. The molecule has 0 spiro atoms. The number of anilines is 2. The van der Waals surface area contributed by atoms with Gasteiger partial charge in [0.25, 0.3) is 0 Å². The van der Waals surface area contributed by atoms with Gasteiger partial charge in [-0.2, -0.15) is 0 Å². The fourth-order valence-corrected chi connectivity index (χ4v) is 2.60. The van der Waals surface area contributed by atoms with Crippen molar-refractivity contribution < 1.29 is 0 Å². The van der Waals surface area contributed by atoms with E-state index in [2.05, 4.69) is 51.7 Å². The van der Waals surface area contributed by atoms with Gasteiger partial charge in [-0.1, -0.05) is 36.4 Å². The third kappa shape index (κ3) is 2.09. The van der Waals surface area contributed by atoms with E-state index in [0.29, 0.717) is 0 Å². The molecule has 0 unspecified atom stereocenters. The first kappa shape index (κ1) is 11.9. The van der Waals surface area contributed by atoms with Crippen LogP contribution in [-0.4, -0.2) is 9.97 Å². The van der Waals surface area contributed by atoms with Crippen LogP contribution in [0.15, 0.2) is 73.1 Å². The van der Waals surface area contributed by atoms with Gasteiger partial charge >= 0.3 is 0 Å². The zero-order valence-electron chi connectivity index (χ0n) is 11.3. The Bertz CT molecular complexity index is 917. The number of nitrogens with zero attached hydrogens (tertiary/aromatic N) is 2. The molecular weight excluding hydrogens is 258 g/mol. The molecule has 0 saturated heterocycles. The lowest BCUT2D eigenvalue weighted by Crippen LogP contribution is -1.95. The Kier molecular flexibility index (Phi) is 2.75. The molecule has 2 aromatic heterocycles. The van der Waals surface area contributed by atoms with Gasteiger partial charge in [-0.25, -0.2) is 4.98 Å². The van der Waals surface area contributed by atoms with E-state index in [-0.39, 0.29) is 0 Å². The van der Waals surface area contributed by atoms with Crippen molar-refractivity contribution in [3.63, 3.8) is 0 Å². The molecule has 0 aliphatic carbocycles. The highest BCUT2D eigenvalue weighted by Crippen LogP contribution is 2.31. The van der Waals surface area contributed by atoms with Crippen LogP contribution in [0.4, 0.5) is 11.5 Å². The molecule has 0 aliphatic heterocycles. The average molecular weight is 271 g/mol. The first-order valence-corrected chi connectivity index (χ1v) is 6.86. The standard InChI is InChI=1S/C18H13N3/c1-2-7-14-13(6-1)12-16(18-15(14)8-5-11-20-18)21-17-9-3-4-10-19-17/h1-12H,(H,19,21). The molecule has 0 bridgehead atoms. The molecule has 3 heteroatoms. The van der Waals surface area contributed by atoms with E-state index >= 15 is 0 Å². The van der Waals surface area contributed by atoms with E-state index in [0.717, 1.165) is 22.4 Å². The van der Waals surface area contributed by atoms with E-state index in [1.807, 2.05) is 30.5 Å². The first-order valence-electron chi connectivity index (χ1n) is 6.86. The Balaban J connectivity index is 1.98. The minimum atomic E-state index is 0.819. The molecule has 100 valence electrons. The van der Waals surface area contributed by atoms with Crippen LogP contribution in [0.3, 0.4) is 0 Å². The Hall–Kier alpha value is -2.94. The maximum absolute atomic E-state index is 4.54. The first-order chi connectivity index (χ1) is 10.4. The fraction of sp³-hybridized carbons (Fsp3) is 0. The van der Waals surface area contributed by atoms with E-state index in [1.54, 1.807) is 6.20 Å². The molecule has 4 rings (SSSR count). The van der Waals surface area contributed by atoms with Gasteiger partial charge in [0.05, 0.1) is 11.2 Å². The molecule has 21 heavy (non-hydrogen) atoms. The number of rotatable bonds is 2. The number of nitrogens with one attached hydrogen (secondary N) is 1. The van der Waals surface area contributed by atoms with Crippen LogP contribution in [0.5, 0.6) is 0 Å². The smallest absolute Gasteiger partial charge is 0.130 e. The lowest BCUT2D eigenvalue weighted by Gasteiger charge is -2.11. The Labute approximate surface area is 122 Å². The van der Waals surface area contributed by atoms with Crippen molar-refractivity contribution in [1.82, 2.24) is 9.97 Å². The van der Waals surface area contributed by atoms with Crippen molar-refractivity contribution in [1.29, 1.82) is 0 Å². The van der Waals surface area contributed by atoms with Gasteiger partial charge in [0, 0.05) is 17.8 Å². The monoisotopic (exact) mass is 271 g/mol. The van der Waals surface area contributed by atoms with Gasteiger partial charge in [-0.15, -0.1) is 0 Å². The molecule has 0 saturated carbocycles. The summed E-state index contributed by atoms with van der Waals surface area (Å²) in [5.41, 5.74) is 1.94. The van der Waals surface area contributed by atoms with Crippen LogP contribution in [0.1, 0.15) is 0 Å². The molecule has 2 heterocycles. The van der Waals surface area contributed by atoms with Gasteiger partial charge in [0.15, 0.2) is 0 Å². The zero-order chi connectivity index (χ0) is 14.1. The molecular formula is C18H13N3. The van der Waals surface area contributed by atoms with Crippen LogP contribution in [0, 0.1) is 0 Å². The molecule has 0 atom stereocenters. The quantitative estimate of drug-likeness (QED) is 0.544. The lowest BCUT2D eigenvalue weighted by molar-refractivity contribution is 1.31. The topological polar surface area (TPSA) is 37.8 Å². The predicted octanol–water partition coefficient (Wildman–Crippen LogP) is 4.53. The van der Waals surface area contributed by atoms with Crippen molar-refractivity contribution in [2.75, 3.05) is 5.32 Å². The second-order valence-corrected chi connectivity index (χ2v) is 4.88.